The summed E-state index contributed by atoms with van der Waals surface area (Å²) in [4.78, 5) is 0. The molecule has 1 saturated heterocycles. The Bertz CT molecular complexity index is 381. The fourth-order valence-corrected chi connectivity index (χ4v) is 2.27. The van der Waals surface area contributed by atoms with Crippen LogP contribution in [0.5, 0.6) is 0 Å². The molecule has 0 aromatic carbocycles. The Balaban J connectivity index is 1.77. The molecule has 0 amide bonds. The minimum atomic E-state index is 0.167. The third-order valence-corrected chi connectivity index (χ3v) is 3.36. The highest BCUT2D eigenvalue weighted by Crippen LogP contribution is 2.21. The van der Waals surface area contributed by atoms with Crippen molar-refractivity contribution in [2.24, 2.45) is 0 Å². The molecule has 1 fully saturated rings. The van der Waals surface area contributed by atoms with E-state index in [1.807, 2.05) is 16.9 Å². The highest BCUT2D eigenvalue weighted by atomic mass is 16.5. The second-order valence-corrected chi connectivity index (χ2v) is 6.24. The summed E-state index contributed by atoms with van der Waals surface area (Å²) in [5.41, 5.74) is 1.37. The molecule has 4 heteroatoms. The van der Waals surface area contributed by atoms with E-state index in [4.69, 9.17) is 4.74 Å². The van der Waals surface area contributed by atoms with Gasteiger partial charge in [-0.15, -0.1) is 0 Å². The number of hydrogen-bond donors (Lipinski definition) is 1. The van der Waals surface area contributed by atoms with E-state index in [-0.39, 0.29) is 5.54 Å². The molecule has 1 aromatic rings. The third kappa shape index (κ3) is 3.82. The summed E-state index contributed by atoms with van der Waals surface area (Å²) in [6.07, 6.45) is 4.80. The van der Waals surface area contributed by atoms with Crippen LogP contribution in [0, 0.1) is 6.92 Å². The lowest BCUT2D eigenvalue weighted by molar-refractivity contribution is 0.0309. The van der Waals surface area contributed by atoms with Gasteiger partial charge >= 0.3 is 0 Å². The van der Waals surface area contributed by atoms with Gasteiger partial charge in [-0.25, -0.2) is 0 Å². The largest absolute Gasteiger partial charge is 0.372 e. The number of ether oxygens (including phenoxy) is 1. The molecule has 2 rings (SSSR count). The molecule has 18 heavy (non-hydrogen) atoms. The maximum absolute atomic E-state index is 6.06. The molecule has 0 aliphatic carbocycles. The Morgan fingerprint density at radius 1 is 1.39 bits per heavy atom. The maximum Gasteiger partial charge on any atom is 0.0776 e. The lowest BCUT2D eigenvalue weighted by Gasteiger charge is -2.23. The van der Waals surface area contributed by atoms with Gasteiger partial charge in [0, 0.05) is 24.0 Å². The van der Waals surface area contributed by atoms with Crippen LogP contribution >= 0.6 is 0 Å². The normalized spacial score (nSPS) is 24.7. The Labute approximate surface area is 110 Å². The van der Waals surface area contributed by atoms with E-state index in [1.54, 1.807) is 0 Å². The van der Waals surface area contributed by atoms with Gasteiger partial charge in [-0.2, -0.15) is 5.10 Å². The second-order valence-electron chi connectivity index (χ2n) is 6.24. The van der Waals surface area contributed by atoms with Crippen molar-refractivity contribution < 1.29 is 4.74 Å². The van der Waals surface area contributed by atoms with Gasteiger partial charge in [0.25, 0.3) is 0 Å². The van der Waals surface area contributed by atoms with E-state index in [0.717, 1.165) is 25.9 Å². The summed E-state index contributed by atoms with van der Waals surface area (Å²) in [5, 5.41) is 7.82. The first-order valence-electron chi connectivity index (χ1n) is 6.83. The summed E-state index contributed by atoms with van der Waals surface area (Å²) < 4.78 is 8.09. The average Bonchev–Trinajstić information content (AvgIpc) is 2.86. The minimum absolute atomic E-state index is 0.167. The number of nitrogens with one attached hydrogen (secondary N) is 1. The van der Waals surface area contributed by atoms with Crippen molar-refractivity contribution in [3.63, 3.8) is 0 Å². The van der Waals surface area contributed by atoms with E-state index < -0.39 is 0 Å². The molecule has 2 atom stereocenters. The van der Waals surface area contributed by atoms with Crippen molar-refractivity contribution in [1.82, 2.24) is 15.1 Å². The van der Waals surface area contributed by atoms with Crippen molar-refractivity contribution in [2.75, 3.05) is 6.54 Å². The molecule has 102 valence electrons. The summed E-state index contributed by atoms with van der Waals surface area (Å²) in [6.45, 7) is 10.5. The van der Waals surface area contributed by atoms with Gasteiger partial charge in [-0.1, -0.05) is 0 Å². The van der Waals surface area contributed by atoms with Crippen LogP contribution in [-0.2, 0) is 11.3 Å². The smallest absolute Gasteiger partial charge is 0.0776 e. The first-order valence-corrected chi connectivity index (χ1v) is 6.83. The molecule has 1 aromatic heterocycles. The van der Waals surface area contributed by atoms with Gasteiger partial charge in [0.05, 0.1) is 18.8 Å². The molecular weight excluding hydrogens is 226 g/mol. The average molecular weight is 251 g/mol. The van der Waals surface area contributed by atoms with E-state index in [2.05, 4.69) is 38.1 Å². The highest BCUT2D eigenvalue weighted by molar-refractivity contribution is 4.97. The molecule has 0 saturated carbocycles. The summed E-state index contributed by atoms with van der Waals surface area (Å²) >= 11 is 0. The Hall–Kier alpha value is -0.870. The number of aromatic nitrogens is 2. The molecule has 2 unspecified atom stereocenters. The Morgan fingerprint density at radius 3 is 2.72 bits per heavy atom. The first kappa shape index (κ1) is 13.6. The summed E-state index contributed by atoms with van der Waals surface area (Å²) in [5.74, 6) is 0. The maximum atomic E-state index is 6.06. The van der Waals surface area contributed by atoms with Gasteiger partial charge in [0.15, 0.2) is 0 Å². The van der Waals surface area contributed by atoms with Gasteiger partial charge < -0.3 is 10.1 Å². The third-order valence-electron chi connectivity index (χ3n) is 3.36. The molecule has 1 N–H and O–H groups in total. The van der Waals surface area contributed by atoms with E-state index in [0.29, 0.717) is 12.2 Å². The van der Waals surface area contributed by atoms with E-state index in [1.165, 1.54) is 5.69 Å². The summed E-state index contributed by atoms with van der Waals surface area (Å²) in [6, 6.07) is 2.04. The summed E-state index contributed by atoms with van der Waals surface area (Å²) in [7, 11) is 0. The van der Waals surface area contributed by atoms with Gasteiger partial charge in [0.1, 0.15) is 0 Å². The topological polar surface area (TPSA) is 39.1 Å². The molecular formula is C14H25N3O. The van der Waals surface area contributed by atoms with Crippen LogP contribution in [0.1, 0.15) is 39.3 Å². The Morgan fingerprint density at radius 2 is 2.11 bits per heavy atom. The van der Waals surface area contributed by atoms with Crippen LogP contribution in [0.15, 0.2) is 12.3 Å². The van der Waals surface area contributed by atoms with Crippen LogP contribution in [0.2, 0.25) is 0 Å². The highest BCUT2D eigenvalue weighted by Gasteiger charge is 2.26. The second kappa shape index (κ2) is 5.41. The zero-order chi connectivity index (χ0) is 13.2. The zero-order valence-corrected chi connectivity index (χ0v) is 11.9. The fourth-order valence-electron chi connectivity index (χ4n) is 2.27. The minimum Gasteiger partial charge on any atom is -0.372 e. The van der Waals surface area contributed by atoms with Crippen molar-refractivity contribution in [1.29, 1.82) is 0 Å². The standard InChI is InChI=1S/C14H25N3O/c1-11-7-8-16-17(11)10-13-6-5-12(18-13)9-15-14(2,3)4/h7-8,12-13,15H,5-6,9-10H2,1-4H3. The van der Waals surface area contributed by atoms with E-state index in [9.17, 15) is 0 Å². The van der Waals surface area contributed by atoms with E-state index >= 15 is 0 Å². The first-order chi connectivity index (χ1) is 8.44. The molecule has 1 aliphatic heterocycles. The van der Waals surface area contributed by atoms with Crippen LogP contribution < -0.4 is 5.32 Å². The van der Waals surface area contributed by atoms with Crippen molar-refractivity contribution in [2.45, 2.75) is 64.8 Å². The van der Waals surface area contributed by atoms with Crippen LogP contribution in [-0.4, -0.2) is 34.1 Å². The van der Waals surface area contributed by atoms with Crippen LogP contribution in [0.3, 0.4) is 0 Å². The fraction of sp³-hybridized carbons (Fsp3) is 0.786. The number of nitrogens with zero attached hydrogens (tertiary/aromatic N) is 2. The molecule has 2 heterocycles. The molecule has 0 spiro atoms. The molecule has 0 bridgehead atoms. The molecule has 0 radical (unpaired) electrons. The number of rotatable bonds is 4. The lowest BCUT2D eigenvalue weighted by Crippen LogP contribution is -2.41. The van der Waals surface area contributed by atoms with Gasteiger partial charge in [-0.05, 0) is 46.6 Å². The van der Waals surface area contributed by atoms with Crippen LogP contribution in [0.25, 0.3) is 0 Å². The lowest BCUT2D eigenvalue weighted by atomic mass is 10.1. The quantitative estimate of drug-likeness (QED) is 0.891. The number of aryl methyl sites for hydroxylation is 1. The van der Waals surface area contributed by atoms with Gasteiger partial charge in [-0.3, -0.25) is 4.68 Å². The SMILES string of the molecule is Cc1ccnn1CC1CCC(CNC(C)(C)C)O1. The predicted octanol–water partition coefficient (Wildman–Crippen LogP) is 2.13. The number of hydrogen-bond acceptors (Lipinski definition) is 3. The van der Waals surface area contributed by atoms with Crippen molar-refractivity contribution in [3.8, 4) is 0 Å². The molecule has 4 nitrogen and oxygen atoms in total. The van der Waals surface area contributed by atoms with Crippen LogP contribution in [0.4, 0.5) is 0 Å². The zero-order valence-electron chi connectivity index (χ0n) is 11.9. The van der Waals surface area contributed by atoms with Crippen molar-refractivity contribution in [3.05, 3.63) is 18.0 Å². The van der Waals surface area contributed by atoms with Crippen molar-refractivity contribution >= 4 is 0 Å². The Kier molecular flexibility index (Phi) is 4.07. The van der Waals surface area contributed by atoms with Gasteiger partial charge in [0.2, 0.25) is 0 Å². The molecule has 1 aliphatic rings. The predicted molar refractivity (Wildman–Crippen MR) is 72.6 cm³/mol. The monoisotopic (exact) mass is 251 g/mol.